The maximum absolute atomic E-state index is 13.5. The van der Waals surface area contributed by atoms with Gasteiger partial charge in [-0.3, -0.25) is 19.3 Å². The number of nitrogens with zero attached hydrogens (tertiary/aromatic N) is 4. The molecule has 0 radical (unpaired) electrons. The van der Waals surface area contributed by atoms with Crippen LogP contribution in [0.25, 0.3) is 17.0 Å². The van der Waals surface area contributed by atoms with Crippen molar-refractivity contribution >= 4 is 45.7 Å². The number of halogens is 3. The van der Waals surface area contributed by atoms with Crippen LogP contribution >= 0.6 is 11.8 Å². The third-order valence-electron chi connectivity index (χ3n) is 6.30. The number of amidine groups is 1. The van der Waals surface area contributed by atoms with E-state index in [0.717, 1.165) is 30.0 Å². The first-order valence-corrected chi connectivity index (χ1v) is 12.6. The zero-order valence-electron chi connectivity index (χ0n) is 20.0. The number of hydrogen-bond donors (Lipinski definition) is 1. The Balaban J connectivity index is 1.30. The topological polar surface area (TPSA) is 79.6 Å². The predicted molar refractivity (Wildman–Crippen MR) is 137 cm³/mol. The Hall–Kier alpha value is -3.60. The summed E-state index contributed by atoms with van der Waals surface area (Å²) in [6.07, 6.45) is 0.353. The lowest BCUT2D eigenvalue weighted by atomic mass is 10.0. The molecule has 0 atom stereocenters. The van der Waals surface area contributed by atoms with Crippen molar-refractivity contribution in [2.75, 3.05) is 19.6 Å². The summed E-state index contributed by atoms with van der Waals surface area (Å²) in [4.78, 5) is 30.8. The zero-order chi connectivity index (χ0) is 26.2. The van der Waals surface area contributed by atoms with Gasteiger partial charge in [0.1, 0.15) is 0 Å². The molecule has 37 heavy (non-hydrogen) atoms. The van der Waals surface area contributed by atoms with E-state index in [-0.39, 0.29) is 23.9 Å². The highest BCUT2D eigenvalue weighted by molar-refractivity contribution is 8.18. The van der Waals surface area contributed by atoms with Crippen LogP contribution in [0.4, 0.5) is 13.2 Å². The third-order valence-corrected chi connectivity index (χ3v) is 7.25. The van der Waals surface area contributed by atoms with Crippen molar-refractivity contribution in [1.82, 2.24) is 20.0 Å². The van der Waals surface area contributed by atoms with Gasteiger partial charge in [0, 0.05) is 24.9 Å². The van der Waals surface area contributed by atoms with Gasteiger partial charge in [-0.05, 0) is 60.5 Å². The van der Waals surface area contributed by atoms with Gasteiger partial charge in [-0.15, -0.1) is 0 Å². The Morgan fingerprint density at radius 2 is 2.03 bits per heavy atom. The summed E-state index contributed by atoms with van der Waals surface area (Å²) in [7, 11) is 0. The van der Waals surface area contributed by atoms with Crippen LogP contribution in [-0.2, 0) is 22.3 Å². The normalized spacial score (nSPS) is 18.5. The highest BCUT2D eigenvalue weighted by atomic mass is 32.2. The minimum Gasteiger partial charge on any atom is -0.341 e. The molecule has 0 unspecified atom stereocenters. The van der Waals surface area contributed by atoms with Crippen LogP contribution in [-0.4, -0.2) is 51.3 Å². The summed E-state index contributed by atoms with van der Waals surface area (Å²) >= 11 is 1.23. The molecule has 192 valence electrons. The number of carbonyl (C=O) groups excluding carboxylic acids is 2. The van der Waals surface area contributed by atoms with E-state index in [9.17, 15) is 22.8 Å². The van der Waals surface area contributed by atoms with E-state index in [4.69, 9.17) is 0 Å². The maximum Gasteiger partial charge on any atom is 0.416 e. The Kier molecular flexibility index (Phi) is 6.80. The van der Waals surface area contributed by atoms with Gasteiger partial charge in [0.15, 0.2) is 5.17 Å². The lowest BCUT2D eigenvalue weighted by molar-refractivity contribution is -0.138. The Morgan fingerprint density at radius 3 is 2.78 bits per heavy atom. The molecule has 2 amide bonds. The molecule has 2 fully saturated rings. The number of thioether (sulfide) groups is 1. The number of nitrogens with one attached hydrogen (secondary N) is 1. The first-order valence-electron chi connectivity index (χ1n) is 11.8. The highest BCUT2D eigenvalue weighted by Crippen LogP contribution is 2.33. The van der Waals surface area contributed by atoms with Crippen LogP contribution in [0.5, 0.6) is 0 Å². The minimum absolute atomic E-state index is 0.0137. The fourth-order valence-electron chi connectivity index (χ4n) is 4.44. The number of aromatic nitrogens is 2. The van der Waals surface area contributed by atoms with Crippen molar-refractivity contribution in [2.45, 2.75) is 32.5 Å². The van der Waals surface area contributed by atoms with Gasteiger partial charge in [0.25, 0.3) is 5.91 Å². The molecule has 2 aliphatic heterocycles. The van der Waals surface area contributed by atoms with Crippen molar-refractivity contribution in [1.29, 1.82) is 0 Å². The summed E-state index contributed by atoms with van der Waals surface area (Å²) in [5.74, 6) is -0.113. The molecule has 0 saturated carbocycles. The quantitative estimate of drug-likeness (QED) is 0.476. The number of alkyl halides is 3. The smallest absolute Gasteiger partial charge is 0.341 e. The number of aryl methyl sites for hydroxylation is 1. The van der Waals surface area contributed by atoms with E-state index in [1.807, 2.05) is 6.07 Å². The van der Waals surface area contributed by atoms with Crippen molar-refractivity contribution in [3.63, 3.8) is 0 Å². The Labute approximate surface area is 215 Å². The predicted octanol–water partition coefficient (Wildman–Crippen LogP) is 4.59. The molecule has 7 nitrogen and oxygen atoms in total. The van der Waals surface area contributed by atoms with E-state index < -0.39 is 11.7 Å². The van der Waals surface area contributed by atoms with Crippen LogP contribution in [0.2, 0.25) is 0 Å². The van der Waals surface area contributed by atoms with Gasteiger partial charge in [-0.2, -0.15) is 18.3 Å². The Bertz CT molecular complexity index is 1440. The van der Waals surface area contributed by atoms with Crippen molar-refractivity contribution in [2.24, 2.45) is 4.99 Å². The van der Waals surface area contributed by atoms with Crippen LogP contribution in [0.15, 0.2) is 52.5 Å². The summed E-state index contributed by atoms with van der Waals surface area (Å²) in [5.41, 5.74) is 1.49. The van der Waals surface area contributed by atoms with E-state index in [2.05, 4.69) is 15.4 Å². The lowest BCUT2D eigenvalue weighted by Crippen LogP contribution is -2.28. The number of likely N-dealkylation sites (tertiary alicyclic amines) is 1. The van der Waals surface area contributed by atoms with E-state index in [0.29, 0.717) is 40.7 Å². The van der Waals surface area contributed by atoms with Crippen LogP contribution in [0, 0.1) is 6.92 Å². The van der Waals surface area contributed by atoms with E-state index in [1.54, 1.807) is 47.0 Å². The SMILES string of the molecule is Cc1ccc(Cn2ncc3cc(/C=C4\SC(=NCCN5CCCC5=O)NC4=O)ccc32)c(C(F)(F)F)c1. The van der Waals surface area contributed by atoms with Gasteiger partial charge in [0.2, 0.25) is 5.91 Å². The molecule has 2 saturated heterocycles. The van der Waals surface area contributed by atoms with Crippen molar-refractivity contribution < 1.29 is 22.8 Å². The number of benzene rings is 2. The molecule has 1 N–H and O–H groups in total. The van der Waals surface area contributed by atoms with Crippen molar-refractivity contribution in [3.05, 3.63) is 69.8 Å². The fraction of sp³-hybridized carbons (Fsp3) is 0.308. The van der Waals surface area contributed by atoms with Crippen LogP contribution < -0.4 is 5.32 Å². The molecule has 2 aliphatic rings. The number of carbonyl (C=O) groups is 2. The molecule has 1 aromatic heterocycles. The summed E-state index contributed by atoms with van der Waals surface area (Å²) in [6, 6.07) is 9.73. The number of aliphatic imine (C=N–C) groups is 1. The second-order valence-corrected chi connectivity index (χ2v) is 10.0. The first-order chi connectivity index (χ1) is 17.7. The summed E-state index contributed by atoms with van der Waals surface area (Å²) in [6.45, 7) is 3.32. The largest absolute Gasteiger partial charge is 0.416 e. The van der Waals surface area contributed by atoms with Gasteiger partial charge in [0.05, 0.1) is 35.3 Å². The standard InChI is InChI=1S/C26H24F3N5O2S/c1-16-4-6-18(20(11-16)26(27,28)29)15-34-21-7-5-17(12-19(21)14-31-34)13-22-24(36)32-25(37-22)30-8-10-33-9-2-3-23(33)35/h4-7,11-14H,2-3,8-10,15H2,1H3,(H,30,32,36)/b22-13-. The second-order valence-electron chi connectivity index (χ2n) is 9.01. The molecular formula is C26H24F3N5O2S. The second kappa shape index (κ2) is 10.0. The first kappa shape index (κ1) is 25.1. The molecule has 11 heteroatoms. The van der Waals surface area contributed by atoms with Gasteiger partial charge < -0.3 is 10.2 Å². The maximum atomic E-state index is 13.5. The molecule has 2 aromatic carbocycles. The lowest BCUT2D eigenvalue weighted by Gasteiger charge is -2.14. The fourth-order valence-corrected chi connectivity index (χ4v) is 5.29. The average Bonchev–Trinajstić information content (AvgIpc) is 3.53. The number of fused-ring (bicyclic) bond motifs is 1. The zero-order valence-corrected chi connectivity index (χ0v) is 20.8. The van der Waals surface area contributed by atoms with Crippen LogP contribution in [0.1, 0.15) is 35.1 Å². The molecule has 5 rings (SSSR count). The van der Waals surface area contributed by atoms with Gasteiger partial charge in [-0.1, -0.05) is 23.8 Å². The van der Waals surface area contributed by atoms with Gasteiger partial charge in [-0.25, -0.2) is 0 Å². The van der Waals surface area contributed by atoms with Crippen LogP contribution in [0.3, 0.4) is 0 Å². The molecular weight excluding hydrogens is 503 g/mol. The molecule has 3 aromatic rings. The number of amides is 2. The molecule has 0 aliphatic carbocycles. The molecule has 3 heterocycles. The molecule has 0 bridgehead atoms. The summed E-state index contributed by atoms with van der Waals surface area (Å²) < 4.78 is 42.2. The monoisotopic (exact) mass is 527 g/mol. The Morgan fingerprint density at radius 1 is 1.19 bits per heavy atom. The number of rotatable bonds is 6. The average molecular weight is 528 g/mol. The van der Waals surface area contributed by atoms with Crippen molar-refractivity contribution in [3.8, 4) is 0 Å². The molecule has 0 spiro atoms. The van der Waals surface area contributed by atoms with Gasteiger partial charge >= 0.3 is 6.18 Å². The summed E-state index contributed by atoms with van der Waals surface area (Å²) in [5, 5.41) is 8.30. The van der Waals surface area contributed by atoms with E-state index >= 15 is 0 Å². The third kappa shape index (κ3) is 5.56. The van der Waals surface area contributed by atoms with E-state index in [1.165, 1.54) is 17.8 Å². The number of hydrogen-bond acceptors (Lipinski definition) is 5. The highest BCUT2D eigenvalue weighted by Gasteiger charge is 2.33. The minimum atomic E-state index is -4.45.